The minimum Gasteiger partial charge on any atom is -0.480 e. The molecular weight excluding hydrogens is 283 g/mol. The first-order chi connectivity index (χ1) is 10.1. The number of aliphatic hydroxyl groups is 2. The van der Waals surface area contributed by atoms with E-state index in [0.717, 1.165) is 0 Å². The van der Waals surface area contributed by atoms with Crippen molar-refractivity contribution in [3.8, 4) is 5.88 Å². The molecular formula is C12H15FN4O4. The number of alkyl halides is 1. The summed E-state index contributed by atoms with van der Waals surface area (Å²) in [6.45, 7) is -0.474. The molecule has 0 saturated carbocycles. The molecule has 4 atom stereocenters. The molecule has 0 aliphatic carbocycles. The van der Waals surface area contributed by atoms with Gasteiger partial charge in [-0.2, -0.15) is 9.97 Å². The maximum absolute atomic E-state index is 14.2. The van der Waals surface area contributed by atoms with Gasteiger partial charge in [0.05, 0.1) is 19.1 Å². The molecule has 1 saturated heterocycles. The zero-order valence-corrected chi connectivity index (χ0v) is 11.2. The number of anilines is 1. The van der Waals surface area contributed by atoms with Crippen LogP contribution < -0.4 is 10.5 Å². The Hall–Kier alpha value is -1.97. The van der Waals surface area contributed by atoms with Crippen molar-refractivity contribution in [3.05, 3.63) is 12.3 Å². The van der Waals surface area contributed by atoms with Gasteiger partial charge in [0.1, 0.15) is 12.2 Å². The molecule has 1 aliphatic heterocycles. The van der Waals surface area contributed by atoms with Gasteiger partial charge in [0.25, 0.3) is 0 Å². The summed E-state index contributed by atoms with van der Waals surface area (Å²) in [6.07, 6.45) is -3.64. The first-order valence-corrected chi connectivity index (χ1v) is 6.33. The standard InChI is InChI=1S/C12H15FN4O4/c1-20-10-5-2-3-17(9(5)15-12(14)16-10)11-7(13)8(19)6(4-18)21-11/h2-3,6-8,11,18-19H,4H2,1H3,(H2,14,15,16)/t6-,7+,8?,11-/m1/s1. The Morgan fingerprint density at radius 3 is 2.90 bits per heavy atom. The van der Waals surface area contributed by atoms with Crippen molar-refractivity contribution in [2.45, 2.75) is 24.6 Å². The van der Waals surface area contributed by atoms with Crippen molar-refractivity contribution >= 4 is 17.0 Å². The van der Waals surface area contributed by atoms with Crippen LogP contribution in [-0.4, -0.2) is 56.8 Å². The largest absolute Gasteiger partial charge is 0.480 e. The smallest absolute Gasteiger partial charge is 0.227 e. The van der Waals surface area contributed by atoms with Crippen LogP contribution in [0.2, 0.25) is 0 Å². The van der Waals surface area contributed by atoms with Crippen LogP contribution in [0.5, 0.6) is 5.88 Å². The Kier molecular flexibility index (Phi) is 3.40. The average molecular weight is 298 g/mol. The minimum atomic E-state index is -1.69. The maximum atomic E-state index is 14.2. The molecule has 2 aromatic rings. The number of nitrogens with two attached hydrogens (primary N) is 1. The van der Waals surface area contributed by atoms with Crippen molar-refractivity contribution in [1.29, 1.82) is 0 Å². The van der Waals surface area contributed by atoms with Gasteiger partial charge in [-0.3, -0.25) is 0 Å². The number of ether oxygens (including phenoxy) is 2. The van der Waals surface area contributed by atoms with Crippen molar-refractivity contribution in [2.75, 3.05) is 19.5 Å². The number of halogens is 1. The number of rotatable bonds is 3. The molecule has 21 heavy (non-hydrogen) atoms. The predicted molar refractivity (Wildman–Crippen MR) is 70.4 cm³/mol. The SMILES string of the molecule is COc1nc(N)nc2c1ccn2[C@@H]1O[C@H](CO)C(O)[C@@H]1F. The molecule has 1 aliphatic rings. The maximum Gasteiger partial charge on any atom is 0.227 e. The van der Waals surface area contributed by atoms with E-state index in [0.29, 0.717) is 11.0 Å². The van der Waals surface area contributed by atoms with E-state index in [1.54, 1.807) is 12.3 Å². The quantitative estimate of drug-likeness (QED) is 0.706. The van der Waals surface area contributed by atoms with Crippen molar-refractivity contribution in [2.24, 2.45) is 0 Å². The molecule has 1 fully saturated rings. The molecule has 2 aromatic heterocycles. The zero-order valence-electron chi connectivity index (χ0n) is 11.2. The molecule has 0 bridgehead atoms. The van der Waals surface area contributed by atoms with E-state index in [9.17, 15) is 9.50 Å². The van der Waals surface area contributed by atoms with Crippen LogP contribution in [0.4, 0.5) is 10.3 Å². The van der Waals surface area contributed by atoms with E-state index in [-0.39, 0.29) is 11.8 Å². The number of fused-ring (bicyclic) bond motifs is 1. The number of nitrogen functional groups attached to an aromatic ring is 1. The normalized spacial score (nSPS) is 29.1. The summed E-state index contributed by atoms with van der Waals surface area (Å²) < 4.78 is 26.0. The van der Waals surface area contributed by atoms with E-state index >= 15 is 0 Å². The van der Waals surface area contributed by atoms with Crippen LogP contribution in [0.1, 0.15) is 6.23 Å². The first kappa shape index (κ1) is 14.0. The topological polar surface area (TPSA) is 116 Å². The van der Waals surface area contributed by atoms with E-state index in [4.69, 9.17) is 20.3 Å². The Balaban J connectivity index is 2.07. The summed E-state index contributed by atoms with van der Waals surface area (Å²) in [6, 6.07) is 1.64. The fourth-order valence-corrected chi connectivity index (χ4v) is 2.46. The Morgan fingerprint density at radius 2 is 2.29 bits per heavy atom. The second-order valence-electron chi connectivity index (χ2n) is 4.73. The van der Waals surface area contributed by atoms with Gasteiger partial charge < -0.3 is 30.0 Å². The lowest BCUT2D eigenvalue weighted by atomic mass is 10.1. The Bertz CT molecular complexity index is 664. The first-order valence-electron chi connectivity index (χ1n) is 6.33. The van der Waals surface area contributed by atoms with Gasteiger partial charge in [-0.15, -0.1) is 0 Å². The summed E-state index contributed by atoms with van der Waals surface area (Å²) in [5.74, 6) is 0.246. The highest BCUT2D eigenvalue weighted by molar-refractivity contribution is 5.82. The van der Waals surface area contributed by atoms with E-state index in [1.165, 1.54) is 11.7 Å². The monoisotopic (exact) mass is 298 g/mol. The number of aliphatic hydroxyl groups excluding tert-OH is 2. The lowest BCUT2D eigenvalue weighted by Gasteiger charge is -2.16. The number of nitrogens with zero attached hydrogens (tertiary/aromatic N) is 3. The van der Waals surface area contributed by atoms with E-state index < -0.39 is 31.2 Å². The Morgan fingerprint density at radius 1 is 1.52 bits per heavy atom. The lowest BCUT2D eigenvalue weighted by Crippen LogP contribution is -2.30. The molecule has 1 unspecified atom stereocenters. The Labute approximate surface area is 118 Å². The summed E-state index contributed by atoms with van der Waals surface area (Å²) in [5, 5.41) is 19.3. The third-order valence-electron chi connectivity index (χ3n) is 3.50. The minimum absolute atomic E-state index is 0.0213. The second kappa shape index (κ2) is 5.10. The number of aromatic nitrogens is 3. The highest BCUT2D eigenvalue weighted by Gasteiger charge is 2.45. The summed E-state index contributed by atoms with van der Waals surface area (Å²) in [4.78, 5) is 7.99. The van der Waals surface area contributed by atoms with Gasteiger partial charge in [-0.1, -0.05) is 0 Å². The third kappa shape index (κ3) is 2.09. The van der Waals surface area contributed by atoms with Gasteiger partial charge in [0.2, 0.25) is 11.8 Å². The van der Waals surface area contributed by atoms with Gasteiger partial charge in [0, 0.05) is 6.20 Å². The van der Waals surface area contributed by atoms with E-state index in [1.807, 2.05) is 0 Å². The summed E-state index contributed by atoms with van der Waals surface area (Å²) in [5.41, 5.74) is 5.93. The van der Waals surface area contributed by atoms with Crippen LogP contribution in [0.25, 0.3) is 11.0 Å². The van der Waals surface area contributed by atoms with Gasteiger partial charge in [-0.05, 0) is 6.07 Å². The third-order valence-corrected chi connectivity index (χ3v) is 3.50. The van der Waals surface area contributed by atoms with Crippen LogP contribution in [-0.2, 0) is 4.74 Å². The van der Waals surface area contributed by atoms with Crippen molar-refractivity contribution in [3.63, 3.8) is 0 Å². The lowest BCUT2D eigenvalue weighted by molar-refractivity contribution is -0.0457. The van der Waals surface area contributed by atoms with Crippen molar-refractivity contribution < 1.29 is 24.1 Å². The predicted octanol–water partition coefficient (Wildman–Crippen LogP) is -0.389. The van der Waals surface area contributed by atoms with Gasteiger partial charge in [0.15, 0.2) is 18.0 Å². The van der Waals surface area contributed by atoms with Crippen LogP contribution in [0.15, 0.2) is 12.3 Å². The molecule has 9 heteroatoms. The van der Waals surface area contributed by atoms with Gasteiger partial charge in [-0.25, -0.2) is 4.39 Å². The molecule has 3 heterocycles. The molecule has 0 radical (unpaired) electrons. The zero-order chi connectivity index (χ0) is 15.1. The second-order valence-corrected chi connectivity index (χ2v) is 4.73. The molecule has 3 rings (SSSR count). The average Bonchev–Trinajstić information content (AvgIpc) is 3.01. The number of hydrogen-bond donors (Lipinski definition) is 3. The molecule has 0 amide bonds. The molecule has 114 valence electrons. The highest BCUT2D eigenvalue weighted by Crippen LogP contribution is 2.35. The molecule has 0 spiro atoms. The fourth-order valence-electron chi connectivity index (χ4n) is 2.46. The molecule has 4 N–H and O–H groups in total. The number of hydrogen-bond acceptors (Lipinski definition) is 7. The van der Waals surface area contributed by atoms with Crippen LogP contribution in [0, 0.1) is 0 Å². The van der Waals surface area contributed by atoms with E-state index in [2.05, 4.69) is 9.97 Å². The summed E-state index contributed by atoms with van der Waals surface area (Å²) >= 11 is 0. The van der Waals surface area contributed by atoms with Crippen molar-refractivity contribution in [1.82, 2.24) is 14.5 Å². The fraction of sp³-hybridized carbons (Fsp3) is 0.500. The van der Waals surface area contributed by atoms with Crippen LogP contribution in [0.3, 0.4) is 0 Å². The van der Waals surface area contributed by atoms with Crippen LogP contribution >= 0.6 is 0 Å². The molecule has 8 nitrogen and oxygen atoms in total. The highest BCUT2D eigenvalue weighted by atomic mass is 19.1. The van der Waals surface area contributed by atoms with Gasteiger partial charge >= 0.3 is 0 Å². The molecule has 0 aromatic carbocycles. The number of methoxy groups -OCH3 is 1. The summed E-state index contributed by atoms with van der Waals surface area (Å²) in [7, 11) is 1.44.